The molecular weight excluding hydrogens is 465 g/mol. The molecule has 1 aliphatic heterocycles. The number of hydrogen-bond acceptors (Lipinski definition) is 6. The standard InChI is InChI=1S/C21H25ClFN3.C6H6N2O/c1-5-15(2)18(10-16(3)23)13-26(20-8-9-25(4)14-20)19-7-6-17(12-24)21(22)11-19;1-5-2-8-6(4-9)3-7-5/h5-7,10-11,20H,3,8-9,13-14H2,1-2,4H3;2-4H,1H3/b15-5-,18-10-;/t20-;/m0./s1. The number of rotatable bonds is 7. The number of nitrogens with zero attached hydrogens (tertiary/aromatic N) is 5. The second-order valence-corrected chi connectivity index (χ2v) is 8.80. The van der Waals surface area contributed by atoms with Gasteiger partial charge in [0.05, 0.1) is 22.5 Å². The number of benzene rings is 1. The van der Waals surface area contributed by atoms with Crippen molar-refractivity contribution in [1.82, 2.24) is 14.9 Å². The van der Waals surface area contributed by atoms with Crippen LogP contribution in [0.3, 0.4) is 0 Å². The van der Waals surface area contributed by atoms with Gasteiger partial charge >= 0.3 is 0 Å². The Balaban J connectivity index is 0.000000402. The molecule has 2 heterocycles. The van der Waals surface area contributed by atoms with Crippen molar-refractivity contribution in [3.63, 3.8) is 0 Å². The molecule has 0 radical (unpaired) electrons. The van der Waals surface area contributed by atoms with Crippen LogP contribution in [0.15, 0.2) is 66.3 Å². The van der Waals surface area contributed by atoms with Crippen LogP contribution >= 0.6 is 11.6 Å². The lowest BCUT2D eigenvalue weighted by Crippen LogP contribution is -2.38. The van der Waals surface area contributed by atoms with Crippen LogP contribution in [0.2, 0.25) is 5.02 Å². The maximum Gasteiger partial charge on any atom is 0.170 e. The SMILES string of the molecule is C=C(F)/C=C(CN(c1ccc(C#N)c(Cl)c1)[C@H]1CCN(C)C1)\C(C)=C/C.Cc1cnc(C=O)cn1. The number of aryl methyl sites for hydroxylation is 1. The fourth-order valence-corrected chi connectivity index (χ4v) is 3.89. The van der Waals surface area contributed by atoms with E-state index >= 15 is 0 Å². The van der Waals surface area contributed by atoms with Gasteiger partial charge in [-0.25, -0.2) is 9.37 Å². The van der Waals surface area contributed by atoms with Crippen molar-refractivity contribution >= 4 is 23.6 Å². The molecule has 0 amide bonds. The molecule has 35 heavy (non-hydrogen) atoms. The molecule has 1 aliphatic rings. The van der Waals surface area contributed by atoms with E-state index in [4.69, 9.17) is 16.9 Å². The lowest BCUT2D eigenvalue weighted by Gasteiger charge is -2.32. The molecule has 8 heteroatoms. The first kappa shape index (κ1) is 27.9. The highest BCUT2D eigenvalue weighted by molar-refractivity contribution is 6.32. The van der Waals surface area contributed by atoms with Gasteiger partial charge in [-0.15, -0.1) is 0 Å². The summed E-state index contributed by atoms with van der Waals surface area (Å²) < 4.78 is 13.5. The second kappa shape index (κ2) is 13.5. The molecule has 0 N–H and O–H groups in total. The molecule has 1 aromatic heterocycles. The molecule has 184 valence electrons. The van der Waals surface area contributed by atoms with E-state index in [9.17, 15) is 9.18 Å². The van der Waals surface area contributed by atoms with Crippen molar-refractivity contribution in [2.45, 2.75) is 33.2 Å². The Labute approximate surface area is 212 Å². The summed E-state index contributed by atoms with van der Waals surface area (Å²) in [7, 11) is 2.10. The molecule has 0 unspecified atom stereocenters. The molecule has 2 aromatic rings. The summed E-state index contributed by atoms with van der Waals surface area (Å²) in [5.74, 6) is -0.456. The van der Waals surface area contributed by atoms with Crippen LogP contribution in [0.5, 0.6) is 0 Å². The average Bonchev–Trinajstić information content (AvgIpc) is 3.27. The average molecular weight is 496 g/mol. The molecule has 0 aliphatic carbocycles. The quantitative estimate of drug-likeness (QED) is 0.362. The highest BCUT2D eigenvalue weighted by Gasteiger charge is 2.27. The number of aromatic nitrogens is 2. The van der Waals surface area contributed by atoms with Crippen molar-refractivity contribution in [1.29, 1.82) is 5.26 Å². The van der Waals surface area contributed by atoms with Crippen LogP contribution in [-0.4, -0.2) is 53.9 Å². The van der Waals surface area contributed by atoms with Crippen molar-refractivity contribution in [2.24, 2.45) is 0 Å². The number of allylic oxidation sites excluding steroid dienone is 3. The highest BCUT2D eigenvalue weighted by Crippen LogP contribution is 2.29. The van der Waals surface area contributed by atoms with Crippen LogP contribution in [0.25, 0.3) is 0 Å². The van der Waals surface area contributed by atoms with Crippen LogP contribution in [-0.2, 0) is 0 Å². The molecule has 1 aromatic carbocycles. The Hall–Kier alpha value is -3.34. The predicted molar refractivity (Wildman–Crippen MR) is 139 cm³/mol. The molecule has 0 bridgehead atoms. The number of aldehydes is 1. The van der Waals surface area contributed by atoms with Crippen molar-refractivity contribution in [2.75, 3.05) is 31.6 Å². The summed E-state index contributed by atoms with van der Waals surface area (Å²) in [5, 5.41) is 9.56. The van der Waals surface area contributed by atoms with Crippen LogP contribution in [0, 0.1) is 18.3 Å². The maximum atomic E-state index is 13.5. The Morgan fingerprint density at radius 1 is 1.40 bits per heavy atom. The van der Waals surface area contributed by atoms with E-state index in [0.717, 1.165) is 42.0 Å². The van der Waals surface area contributed by atoms with Crippen LogP contribution < -0.4 is 4.90 Å². The Kier molecular flexibility index (Phi) is 10.8. The number of anilines is 1. The lowest BCUT2D eigenvalue weighted by atomic mass is 10.0. The number of likely N-dealkylation sites (tertiary alicyclic amines) is 1. The summed E-state index contributed by atoms with van der Waals surface area (Å²) in [6, 6.07) is 7.86. The van der Waals surface area contributed by atoms with Gasteiger partial charge in [0.2, 0.25) is 0 Å². The Morgan fingerprint density at radius 3 is 2.63 bits per heavy atom. The minimum absolute atomic E-state index is 0.296. The summed E-state index contributed by atoms with van der Waals surface area (Å²) in [5.41, 5.74) is 4.49. The zero-order valence-corrected chi connectivity index (χ0v) is 21.4. The van der Waals surface area contributed by atoms with E-state index < -0.39 is 5.83 Å². The highest BCUT2D eigenvalue weighted by atomic mass is 35.5. The van der Waals surface area contributed by atoms with Gasteiger partial charge < -0.3 is 9.80 Å². The Bertz CT molecular complexity index is 1140. The number of halogens is 2. The molecule has 6 nitrogen and oxygen atoms in total. The predicted octanol–water partition coefficient (Wildman–Crippen LogP) is 5.70. The topological polar surface area (TPSA) is 73.1 Å². The third-order valence-electron chi connectivity index (χ3n) is 5.74. The van der Waals surface area contributed by atoms with E-state index in [-0.39, 0.29) is 0 Å². The van der Waals surface area contributed by atoms with E-state index in [1.807, 2.05) is 39.0 Å². The number of carbonyl (C=O) groups excluding carboxylic acids is 1. The van der Waals surface area contributed by atoms with E-state index in [0.29, 0.717) is 35.2 Å². The smallest absolute Gasteiger partial charge is 0.170 e. The van der Waals surface area contributed by atoms with Gasteiger partial charge in [-0.05, 0) is 70.6 Å². The Morgan fingerprint density at radius 2 is 2.14 bits per heavy atom. The summed E-state index contributed by atoms with van der Waals surface area (Å²) >= 11 is 6.26. The van der Waals surface area contributed by atoms with Gasteiger partial charge in [0, 0.05) is 31.0 Å². The molecule has 3 rings (SSSR count). The first-order valence-corrected chi connectivity index (χ1v) is 11.6. The van der Waals surface area contributed by atoms with Gasteiger partial charge in [-0.3, -0.25) is 9.78 Å². The van der Waals surface area contributed by atoms with Gasteiger partial charge in [-0.2, -0.15) is 5.26 Å². The van der Waals surface area contributed by atoms with Crippen molar-refractivity contribution in [3.8, 4) is 6.07 Å². The van der Waals surface area contributed by atoms with Crippen molar-refractivity contribution < 1.29 is 9.18 Å². The maximum absolute atomic E-state index is 13.5. The van der Waals surface area contributed by atoms with Gasteiger partial charge in [0.25, 0.3) is 0 Å². The van der Waals surface area contributed by atoms with Gasteiger partial charge in [0.1, 0.15) is 17.6 Å². The lowest BCUT2D eigenvalue weighted by molar-refractivity contribution is 0.111. The summed E-state index contributed by atoms with van der Waals surface area (Å²) in [6.45, 7) is 11.6. The third kappa shape index (κ3) is 8.43. The molecule has 1 saturated heterocycles. The first-order chi connectivity index (χ1) is 16.7. The zero-order chi connectivity index (χ0) is 26.0. The number of hydrogen-bond donors (Lipinski definition) is 0. The molecule has 0 spiro atoms. The number of likely N-dealkylation sites (N-methyl/N-ethyl adjacent to an activating group) is 1. The van der Waals surface area contributed by atoms with E-state index in [1.54, 1.807) is 12.3 Å². The minimum Gasteiger partial charge on any atom is -0.363 e. The van der Waals surface area contributed by atoms with E-state index in [2.05, 4.69) is 39.5 Å². The fourth-order valence-electron chi connectivity index (χ4n) is 3.68. The second-order valence-electron chi connectivity index (χ2n) is 8.40. The monoisotopic (exact) mass is 495 g/mol. The third-order valence-corrected chi connectivity index (χ3v) is 6.06. The largest absolute Gasteiger partial charge is 0.363 e. The summed E-state index contributed by atoms with van der Waals surface area (Å²) in [6.07, 6.45) is 8.16. The molecule has 1 atom stereocenters. The number of carbonyl (C=O) groups is 1. The van der Waals surface area contributed by atoms with Crippen molar-refractivity contribution in [3.05, 3.63) is 88.3 Å². The van der Waals surface area contributed by atoms with Crippen LogP contribution in [0.1, 0.15) is 42.0 Å². The van der Waals surface area contributed by atoms with Gasteiger partial charge in [0.15, 0.2) is 6.29 Å². The number of nitriles is 1. The normalized spacial score (nSPS) is 16.2. The zero-order valence-electron chi connectivity index (χ0n) is 20.6. The fraction of sp³-hybridized carbons (Fsp3) is 0.333. The van der Waals surface area contributed by atoms with Crippen LogP contribution in [0.4, 0.5) is 10.1 Å². The van der Waals surface area contributed by atoms with E-state index in [1.165, 1.54) is 12.3 Å². The first-order valence-electron chi connectivity index (χ1n) is 11.2. The molecular formula is C27H31ClFN5O. The van der Waals surface area contributed by atoms with Gasteiger partial charge in [-0.1, -0.05) is 29.8 Å². The summed E-state index contributed by atoms with van der Waals surface area (Å²) in [4.78, 5) is 22.2. The minimum atomic E-state index is -0.456. The molecule has 1 fully saturated rings. The molecule has 0 saturated carbocycles.